The first kappa shape index (κ1) is 16.0. The molecule has 4 heteroatoms. The molecule has 0 amide bonds. The summed E-state index contributed by atoms with van der Waals surface area (Å²) >= 11 is 1.69. The summed E-state index contributed by atoms with van der Waals surface area (Å²) in [6.07, 6.45) is 1.15. The predicted molar refractivity (Wildman–Crippen MR) is 89.9 cm³/mol. The van der Waals surface area contributed by atoms with Gasteiger partial charge in [-0.15, -0.1) is 11.3 Å². The number of hydrogen-bond acceptors (Lipinski definition) is 4. The summed E-state index contributed by atoms with van der Waals surface area (Å²) in [5.41, 5.74) is 2.27. The minimum absolute atomic E-state index is 0.543. The van der Waals surface area contributed by atoms with Gasteiger partial charge in [0.1, 0.15) is 10.8 Å². The van der Waals surface area contributed by atoms with Crippen molar-refractivity contribution in [2.24, 2.45) is 5.92 Å². The van der Waals surface area contributed by atoms with Crippen molar-refractivity contribution in [3.8, 4) is 16.3 Å². The largest absolute Gasteiger partial charge is 0.493 e. The van der Waals surface area contributed by atoms with E-state index in [1.807, 2.05) is 12.1 Å². The number of thiazole rings is 1. The Morgan fingerprint density at radius 1 is 1.24 bits per heavy atom. The van der Waals surface area contributed by atoms with E-state index in [1.165, 1.54) is 0 Å². The first-order chi connectivity index (χ1) is 10.2. The molecule has 1 aromatic heterocycles. The zero-order valence-corrected chi connectivity index (χ0v) is 13.9. The number of hydrogen-bond donors (Lipinski definition) is 1. The van der Waals surface area contributed by atoms with E-state index in [-0.39, 0.29) is 0 Å². The van der Waals surface area contributed by atoms with Gasteiger partial charge in [0, 0.05) is 17.5 Å². The molecule has 1 heterocycles. The second kappa shape index (κ2) is 8.15. The highest BCUT2D eigenvalue weighted by Gasteiger charge is 2.05. The van der Waals surface area contributed by atoms with Gasteiger partial charge < -0.3 is 10.1 Å². The Morgan fingerprint density at radius 2 is 2.00 bits per heavy atom. The Hall–Kier alpha value is -1.39. The van der Waals surface area contributed by atoms with Crippen LogP contribution in [0, 0.1) is 5.92 Å². The van der Waals surface area contributed by atoms with Crippen molar-refractivity contribution in [1.29, 1.82) is 0 Å². The van der Waals surface area contributed by atoms with Crippen LogP contribution in [-0.2, 0) is 6.54 Å². The van der Waals surface area contributed by atoms with E-state index >= 15 is 0 Å². The standard InChI is InChI=1S/C17H24N2OS/c1-4-9-18-10-15-12-21-17(19-15)14-5-7-16(8-6-14)20-11-13(2)3/h5-8,12-13,18H,4,9-11H2,1-3H3. The molecule has 0 aliphatic rings. The van der Waals surface area contributed by atoms with E-state index in [1.54, 1.807) is 11.3 Å². The molecule has 1 aromatic carbocycles. The van der Waals surface area contributed by atoms with Gasteiger partial charge in [-0.25, -0.2) is 4.98 Å². The normalized spacial score (nSPS) is 11.0. The Kier molecular flexibility index (Phi) is 6.21. The number of ether oxygens (including phenoxy) is 1. The maximum Gasteiger partial charge on any atom is 0.123 e. The van der Waals surface area contributed by atoms with Gasteiger partial charge in [-0.05, 0) is 43.1 Å². The van der Waals surface area contributed by atoms with Gasteiger partial charge >= 0.3 is 0 Å². The molecule has 114 valence electrons. The summed E-state index contributed by atoms with van der Waals surface area (Å²) < 4.78 is 5.70. The van der Waals surface area contributed by atoms with Gasteiger partial charge in [-0.3, -0.25) is 0 Å². The quantitative estimate of drug-likeness (QED) is 0.736. The fourth-order valence-corrected chi connectivity index (χ4v) is 2.70. The van der Waals surface area contributed by atoms with Crippen molar-refractivity contribution in [2.75, 3.05) is 13.2 Å². The van der Waals surface area contributed by atoms with Crippen LogP contribution in [0.4, 0.5) is 0 Å². The smallest absolute Gasteiger partial charge is 0.123 e. The van der Waals surface area contributed by atoms with Gasteiger partial charge in [0.05, 0.1) is 12.3 Å². The Labute approximate surface area is 131 Å². The van der Waals surface area contributed by atoms with E-state index in [0.29, 0.717) is 5.92 Å². The summed E-state index contributed by atoms with van der Waals surface area (Å²) in [6.45, 7) is 9.11. The molecular weight excluding hydrogens is 280 g/mol. The fraction of sp³-hybridized carbons (Fsp3) is 0.471. The second-order valence-electron chi connectivity index (χ2n) is 5.55. The monoisotopic (exact) mass is 304 g/mol. The highest BCUT2D eigenvalue weighted by molar-refractivity contribution is 7.13. The van der Waals surface area contributed by atoms with Crippen molar-refractivity contribution >= 4 is 11.3 Å². The molecule has 2 rings (SSSR count). The van der Waals surface area contributed by atoms with E-state index < -0.39 is 0 Å². The third kappa shape index (κ3) is 5.14. The molecule has 21 heavy (non-hydrogen) atoms. The Balaban J connectivity index is 1.95. The highest BCUT2D eigenvalue weighted by Crippen LogP contribution is 2.25. The summed E-state index contributed by atoms with van der Waals surface area (Å²) in [4.78, 5) is 4.67. The van der Waals surface area contributed by atoms with E-state index in [9.17, 15) is 0 Å². The minimum Gasteiger partial charge on any atom is -0.493 e. The molecule has 0 saturated carbocycles. The summed E-state index contributed by atoms with van der Waals surface area (Å²) in [5, 5.41) is 6.57. The van der Waals surface area contributed by atoms with Crippen LogP contribution in [0.3, 0.4) is 0 Å². The summed E-state index contributed by atoms with van der Waals surface area (Å²) in [5.74, 6) is 1.47. The van der Waals surface area contributed by atoms with E-state index in [0.717, 1.165) is 48.1 Å². The van der Waals surface area contributed by atoms with Gasteiger partial charge in [0.15, 0.2) is 0 Å². The lowest BCUT2D eigenvalue weighted by molar-refractivity contribution is 0.271. The van der Waals surface area contributed by atoms with E-state index in [4.69, 9.17) is 4.74 Å². The number of benzene rings is 1. The minimum atomic E-state index is 0.543. The van der Waals surface area contributed by atoms with Crippen molar-refractivity contribution in [3.63, 3.8) is 0 Å². The van der Waals surface area contributed by atoms with Crippen LogP contribution in [0.2, 0.25) is 0 Å². The van der Waals surface area contributed by atoms with Crippen molar-refractivity contribution in [1.82, 2.24) is 10.3 Å². The van der Waals surface area contributed by atoms with Crippen LogP contribution >= 0.6 is 11.3 Å². The summed E-state index contributed by atoms with van der Waals surface area (Å²) in [6, 6.07) is 8.21. The zero-order valence-electron chi connectivity index (χ0n) is 13.1. The Morgan fingerprint density at radius 3 is 2.67 bits per heavy atom. The number of nitrogens with zero attached hydrogens (tertiary/aromatic N) is 1. The molecular formula is C17H24N2OS. The third-order valence-electron chi connectivity index (χ3n) is 2.97. The third-order valence-corrected chi connectivity index (χ3v) is 3.91. The molecule has 3 nitrogen and oxygen atoms in total. The average molecular weight is 304 g/mol. The second-order valence-corrected chi connectivity index (χ2v) is 6.41. The van der Waals surface area contributed by atoms with Crippen molar-refractivity contribution in [2.45, 2.75) is 33.7 Å². The van der Waals surface area contributed by atoms with Gasteiger partial charge in [-0.2, -0.15) is 0 Å². The lowest BCUT2D eigenvalue weighted by Crippen LogP contribution is -2.13. The number of aromatic nitrogens is 1. The highest BCUT2D eigenvalue weighted by atomic mass is 32.1. The first-order valence-electron chi connectivity index (χ1n) is 7.57. The molecule has 0 atom stereocenters. The van der Waals surface area contributed by atoms with Crippen LogP contribution in [0.25, 0.3) is 10.6 Å². The molecule has 1 N–H and O–H groups in total. The maximum absolute atomic E-state index is 5.70. The van der Waals surface area contributed by atoms with Gasteiger partial charge in [-0.1, -0.05) is 20.8 Å². The van der Waals surface area contributed by atoms with Gasteiger partial charge in [0.25, 0.3) is 0 Å². The molecule has 0 fully saturated rings. The molecule has 0 unspecified atom stereocenters. The Bertz CT molecular complexity index is 534. The molecule has 0 radical (unpaired) electrons. The maximum atomic E-state index is 5.70. The predicted octanol–water partition coefficient (Wildman–Crippen LogP) is 4.34. The van der Waals surface area contributed by atoms with Crippen LogP contribution in [0.5, 0.6) is 5.75 Å². The van der Waals surface area contributed by atoms with Crippen LogP contribution in [0.1, 0.15) is 32.9 Å². The number of rotatable bonds is 8. The van der Waals surface area contributed by atoms with Crippen molar-refractivity contribution < 1.29 is 4.74 Å². The molecule has 0 aliphatic carbocycles. The lowest BCUT2D eigenvalue weighted by atomic mass is 10.2. The molecule has 0 saturated heterocycles. The lowest BCUT2D eigenvalue weighted by Gasteiger charge is -2.08. The average Bonchev–Trinajstić information content (AvgIpc) is 2.95. The first-order valence-corrected chi connectivity index (χ1v) is 8.45. The SMILES string of the molecule is CCCNCc1csc(-c2ccc(OCC(C)C)cc2)n1. The fourth-order valence-electron chi connectivity index (χ4n) is 1.87. The molecule has 0 aliphatic heterocycles. The topological polar surface area (TPSA) is 34.1 Å². The van der Waals surface area contributed by atoms with E-state index in [2.05, 4.69) is 48.6 Å². The van der Waals surface area contributed by atoms with Crippen LogP contribution < -0.4 is 10.1 Å². The van der Waals surface area contributed by atoms with Crippen molar-refractivity contribution in [3.05, 3.63) is 35.3 Å². The zero-order chi connectivity index (χ0) is 15.1. The molecule has 2 aromatic rings. The summed E-state index contributed by atoms with van der Waals surface area (Å²) in [7, 11) is 0. The number of nitrogens with one attached hydrogen (secondary N) is 1. The van der Waals surface area contributed by atoms with Gasteiger partial charge in [0.2, 0.25) is 0 Å². The molecule has 0 bridgehead atoms. The van der Waals surface area contributed by atoms with Crippen LogP contribution in [0.15, 0.2) is 29.6 Å². The molecule has 0 spiro atoms. The van der Waals surface area contributed by atoms with Crippen LogP contribution in [-0.4, -0.2) is 18.1 Å².